The zero-order valence-corrected chi connectivity index (χ0v) is 21.9. The van der Waals surface area contributed by atoms with E-state index in [1.807, 2.05) is 11.8 Å². The first kappa shape index (κ1) is 25.1. The first-order valence-electron chi connectivity index (χ1n) is 11.3. The molecule has 0 spiro atoms. The summed E-state index contributed by atoms with van der Waals surface area (Å²) in [7, 11) is 0. The minimum Gasteiger partial charge on any atom is -0.381 e. The Bertz CT molecular complexity index is 702. The zero-order chi connectivity index (χ0) is 20.8. The van der Waals surface area contributed by atoms with Crippen LogP contribution in [0.4, 0.5) is 0 Å². The van der Waals surface area contributed by atoms with Crippen molar-refractivity contribution in [2.24, 2.45) is 4.99 Å². The number of nitrogens with zero attached hydrogens (tertiary/aromatic N) is 3. The summed E-state index contributed by atoms with van der Waals surface area (Å²) in [6.45, 7) is 10.3. The topological polar surface area (TPSA) is 49.3 Å². The Morgan fingerprint density at radius 3 is 2.68 bits per heavy atom. The fourth-order valence-corrected chi connectivity index (χ4v) is 5.53. The molecule has 0 saturated carbocycles. The summed E-state index contributed by atoms with van der Waals surface area (Å²) in [5, 5.41) is 3.54. The number of hydrogen-bond donors (Lipinski definition) is 1. The molecule has 1 aromatic carbocycles. The van der Waals surface area contributed by atoms with Crippen LogP contribution in [0.1, 0.15) is 25.3 Å². The van der Waals surface area contributed by atoms with Gasteiger partial charge in [-0.2, -0.15) is 11.8 Å². The van der Waals surface area contributed by atoms with Crippen molar-refractivity contribution in [2.45, 2.75) is 43.2 Å². The maximum absolute atomic E-state index is 6.18. The normalized spacial score (nSPS) is 26.3. The molecule has 3 aliphatic rings. The van der Waals surface area contributed by atoms with E-state index in [0.717, 1.165) is 77.9 Å². The van der Waals surface area contributed by atoms with Crippen molar-refractivity contribution in [3.8, 4) is 0 Å². The van der Waals surface area contributed by atoms with Gasteiger partial charge in [0.15, 0.2) is 5.96 Å². The number of benzene rings is 1. The van der Waals surface area contributed by atoms with Gasteiger partial charge in [0.2, 0.25) is 0 Å². The third-order valence-electron chi connectivity index (χ3n) is 6.63. The lowest BCUT2D eigenvalue weighted by Crippen LogP contribution is -2.50. The summed E-state index contributed by atoms with van der Waals surface area (Å²) in [5.41, 5.74) is 1.37. The molecule has 3 saturated heterocycles. The lowest BCUT2D eigenvalue weighted by molar-refractivity contribution is -0.0502. The van der Waals surface area contributed by atoms with E-state index in [9.17, 15) is 0 Å². The third kappa shape index (κ3) is 6.28. The molecule has 2 atom stereocenters. The average Bonchev–Trinajstić information content (AvgIpc) is 3.23. The molecule has 0 radical (unpaired) electrons. The maximum Gasteiger partial charge on any atom is 0.194 e. The summed E-state index contributed by atoms with van der Waals surface area (Å²) < 4.78 is 12.0. The summed E-state index contributed by atoms with van der Waals surface area (Å²) in [5.74, 6) is 1.04. The largest absolute Gasteiger partial charge is 0.381 e. The first-order valence-corrected chi connectivity index (χ1v) is 12.5. The lowest BCUT2D eigenvalue weighted by Gasteiger charge is -2.36. The Morgan fingerprint density at radius 1 is 1.19 bits per heavy atom. The molecule has 174 valence electrons. The summed E-state index contributed by atoms with van der Waals surface area (Å²) in [6, 6.07) is 11.2. The number of halogens is 1. The van der Waals surface area contributed by atoms with Crippen LogP contribution < -0.4 is 5.32 Å². The van der Waals surface area contributed by atoms with Gasteiger partial charge in [0.1, 0.15) is 0 Å². The van der Waals surface area contributed by atoms with Crippen molar-refractivity contribution >= 4 is 41.7 Å². The van der Waals surface area contributed by atoms with Crippen LogP contribution in [0.2, 0.25) is 0 Å². The van der Waals surface area contributed by atoms with Crippen molar-refractivity contribution in [3.05, 3.63) is 35.9 Å². The van der Waals surface area contributed by atoms with Crippen molar-refractivity contribution in [1.29, 1.82) is 0 Å². The van der Waals surface area contributed by atoms with Gasteiger partial charge >= 0.3 is 0 Å². The molecule has 1 aromatic rings. The summed E-state index contributed by atoms with van der Waals surface area (Å²) >= 11 is 1.95. The van der Waals surface area contributed by atoms with Crippen molar-refractivity contribution < 1.29 is 9.47 Å². The second kappa shape index (κ2) is 12.1. The first-order chi connectivity index (χ1) is 14.7. The molecule has 1 N–H and O–H groups in total. The molecular weight excluding hydrogens is 523 g/mol. The van der Waals surface area contributed by atoms with E-state index in [2.05, 4.69) is 58.6 Å². The molecule has 4 rings (SSSR count). The van der Waals surface area contributed by atoms with Gasteiger partial charge in [0.05, 0.1) is 25.3 Å². The van der Waals surface area contributed by atoms with E-state index in [0.29, 0.717) is 6.04 Å². The molecule has 6 nitrogen and oxygen atoms in total. The van der Waals surface area contributed by atoms with Gasteiger partial charge < -0.3 is 19.7 Å². The van der Waals surface area contributed by atoms with Gasteiger partial charge in [-0.05, 0) is 31.6 Å². The predicted molar refractivity (Wildman–Crippen MR) is 140 cm³/mol. The maximum atomic E-state index is 6.18. The Balaban J connectivity index is 0.00000272. The highest BCUT2D eigenvalue weighted by Crippen LogP contribution is 2.34. The molecular formula is C23H37IN4O2S. The molecule has 31 heavy (non-hydrogen) atoms. The Kier molecular flexibility index (Phi) is 9.76. The molecule has 3 fully saturated rings. The van der Waals surface area contributed by atoms with E-state index in [-0.39, 0.29) is 34.8 Å². The molecule has 0 aromatic heterocycles. The second-order valence-electron chi connectivity index (χ2n) is 8.51. The van der Waals surface area contributed by atoms with Crippen LogP contribution in [0.5, 0.6) is 0 Å². The highest BCUT2D eigenvalue weighted by Gasteiger charge is 2.41. The SMILES string of the molecule is CCNC(=NCC1(SC)CCOCC1)N1CC2OCCN(Cc3ccccc3)C2C1.I. The van der Waals surface area contributed by atoms with E-state index < -0.39 is 0 Å². The van der Waals surface area contributed by atoms with Gasteiger partial charge in [-0.3, -0.25) is 9.89 Å². The van der Waals surface area contributed by atoms with Crippen LogP contribution in [-0.4, -0.2) is 91.5 Å². The second-order valence-corrected chi connectivity index (χ2v) is 9.78. The number of guanidine groups is 1. The Morgan fingerprint density at radius 2 is 1.97 bits per heavy atom. The predicted octanol–water partition coefficient (Wildman–Crippen LogP) is 3.07. The van der Waals surface area contributed by atoms with Gasteiger partial charge in [-0.1, -0.05) is 30.3 Å². The number of thioether (sulfide) groups is 1. The minimum atomic E-state index is 0. The van der Waals surface area contributed by atoms with Crippen molar-refractivity contribution in [2.75, 3.05) is 58.8 Å². The van der Waals surface area contributed by atoms with Gasteiger partial charge in [0, 0.05) is 50.7 Å². The fraction of sp³-hybridized carbons (Fsp3) is 0.696. The van der Waals surface area contributed by atoms with E-state index >= 15 is 0 Å². The summed E-state index contributed by atoms with van der Waals surface area (Å²) in [6.07, 6.45) is 4.63. The van der Waals surface area contributed by atoms with Gasteiger partial charge in [-0.25, -0.2) is 0 Å². The Hall–Kier alpha value is -0.550. The van der Waals surface area contributed by atoms with E-state index in [1.165, 1.54) is 5.56 Å². The Labute approximate surface area is 208 Å². The van der Waals surface area contributed by atoms with Gasteiger partial charge in [0.25, 0.3) is 0 Å². The zero-order valence-electron chi connectivity index (χ0n) is 18.8. The van der Waals surface area contributed by atoms with Gasteiger partial charge in [-0.15, -0.1) is 24.0 Å². The molecule has 3 heterocycles. The molecule has 2 unspecified atom stereocenters. The van der Waals surface area contributed by atoms with Crippen LogP contribution in [0.3, 0.4) is 0 Å². The molecule has 0 amide bonds. The van der Waals surface area contributed by atoms with Crippen molar-refractivity contribution in [1.82, 2.24) is 15.1 Å². The number of aliphatic imine (C=N–C) groups is 1. The van der Waals surface area contributed by atoms with Crippen molar-refractivity contribution in [3.63, 3.8) is 0 Å². The number of fused-ring (bicyclic) bond motifs is 1. The lowest BCUT2D eigenvalue weighted by atomic mass is 9.99. The van der Waals surface area contributed by atoms with E-state index in [4.69, 9.17) is 14.5 Å². The number of likely N-dealkylation sites (tertiary alicyclic amines) is 1. The van der Waals surface area contributed by atoms with Crippen LogP contribution in [0.15, 0.2) is 35.3 Å². The monoisotopic (exact) mass is 560 g/mol. The number of nitrogens with one attached hydrogen (secondary N) is 1. The molecule has 0 aliphatic carbocycles. The standard InChI is InChI=1S/C23H36N4O2S.HI/c1-3-24-22(25-18-23(30-2)9-12-28-13-10-23)27-16-20-21(17-27)29-14-11-26(20)15-19-7-5-4-6-8-19;/h4-8,20-21H,3,9-18H2,1-2H3,(H,24,25);1H. The molecule has 0 bridgehead atoms. The minimum absolute atomic E-state index is 0. The smallest absolute Gasteiger partial charge is 0.194 e. The van der Waals surface area contributed by atoms with Crippen LogP contribution in [0, 0.1) is 0 Å². The average molecular weight is 561 g/mol. The number of morpholine rings is 1. The third-order valence-corrected chi connectivity index (χ3v) is 8.04. The molecule has 3 aliphatic heterocycles. The number of rotatable bonds is 6. The number of hydrogen-bond acceptors (Lipinski definition) is 5. The van der Waals surface area contributed by atoms with E-state index in [1.54, 1.807) is 0 Å². The quantitative estimate of drug-likeness (QED) is 0.328. The fourth-order valence-electron chi connectivity index (χ4n) is 4.76. The molecule has 8 heteroatoms. The highest BCUT2D eigenvalue weighted by molar-refractivity contribution is 14.0. The number of ether oxygens (including phenoxy) is 2. The van der Waals surface area contributed by atoms with Crippen LogP contribution in [0.25, 0.3) is 0 Å². The van der Waals surface area contributed by atoms with Crippen LogP contribution in [-0.2, 0) is 16.0 Å². The summed E-state index contributed by atoms with van der Waals surface area (Å²) in [4.78, 5) is 10.1. The highest BCUT2D eigenvalue weighted by atomic mass is 127. The van der Waals surface area contributed by atoms with Crippen LogP contribution >= 0.6 is 35.7 Å².